The molecule has 3 heteroatoms. The van der Waals surface area contributed by atoms with E-state index in [-0.39, 0.29) is 0 Å². The number of rotatable bonds is 3. The summed E-state index contributed by atoms with van der Waals surface area (Å²) in [4.78, 5) is 3.33. The van der Waals surface area contributed by atoms with E-state index in [1.165, 1.54) is 5.69 Å². The molecule has 0 aliphatic rings. The van der Waals surface area contributed by atoms with Gasteiger partial charge in [-0.05, 0) is 25.2 Å². The first-order valence-corrected chi connectivity index (χ1v) is 4.64. The number of fused-ring (bicyclic) bond motifs is 1. The predicted octanol–water partition coefficient (Wildman–Crippen LogP) is 1.90. The van der Waals surface area contributed by atoms with Crippen LogP contribution in [-0.2, 0) is 6.54 Å². The summed E-state index contributed by atoms with van der Waals surface area (Å²) in [5.41, 5.74) is 2.29. The highest BCUT2D eigenvalue weighted by molar-refractivity contribution is 5.86. The van der Waals surface area contributed by atoms with Crippen molar-refractivity contribution in [3.05, 3.63) is 30.0 Å². The zero-order chi connectivity index (χ0) is 9.97. The van der Waals surface area contributed by atoms with Crippen LogP contribution in [0.1, 0.15) is 5.69 Å². The van der Waals surface area contributed by atoms with Crippen molar-refractivity contribution in [2.24, 2.45) is 0 Å². The summed E-state index contributed by atoms with van der Waals surface area (Å²) in [7, 11) is 3.63. The van der Waals surface area contributed by atoms with Crippen LogP contribution in [0.15, 0.2) is 24.3 Å². The Kier molecular flexibility index (Phi) is 2.41. The number of methoxy groups -OCH3 is 1. The Labute approximate surface area is 83.1 Å². The van der Waals surface area contributed by atoms with Crippen LogP contribution in [0.25, 0.3) is 10.9 Å². The lowest BCUT2D eigenvalue weighted by molar-refractivity contribution is 0.420. The maximum atomic E-state index is 5.28. The van der Waals surface area contributed by atoms with Gasteiger partial charge in [0.15, 0.2) is 0 Å². The van der Waals surface area contributed by atoms with Gasteiger partial charge in [0.25, 0.3) is 0 Å². The number of aromatic nitrogens is 1. The zero-order valence-electron chi connectivity index (χ0n) is 8.42. The van der Waals surface area contributed by atoms with Gasteiger partial charge in [-0.15, -0.1) is 0 Å². The van der Waals surface area contributed by atoms with Gasteiger partial charge in [-0.3, -0.25) is 0 Å². The second-order valence-corrected chi connectivity index (χ2v) is 3.25. The van der Waals surface area contributed by atoms with E-state index in [0.29, 0.717) is 0 Å². The molecule has 2 N–H and O–H groups in total. The molecule has 3 nitrogen and oxygen atoms in total. The molecule has 0 atom stereocenters. The molecule has 2 aromatic rings. The fourth-order valence-electron chi connectivity index (χ4n) is 1.65. The van der Waals surface area contributed by atoms with Crippen molar-refractivity contribution in [2.75, 3.05) is 14.2 Å². The second-order valence-electron chi connectivity index (χ2n) is 3.25. The lowest BCUT2D eigenvalue weighted by atomic mass is 10.2. The fraction of sp³-hybridized carbons (Fsp3) is 0.273. The van der Waals surface area contributed by atoms with Crippen LogP contribution in [0.3, 0.4) is 0 Å². The van der Waals surface area contributed by atoms with Gasteiger partial charge in [-0.1, -0.05) is 6.07 Å². The topological polar surface area (TPSA) is 37.0 Å². The quantitative estimate of drug-likeness (QED) is 0.775. The van der Waals surface area contributed by atoms with Crippen LogP contribution < -0.4 is 10.1 Å². The molecular weight excluding hydrogens is 176 g/mol. The van der Waals surface area contributed by atoms with E-state index in [1.54, 1.807) is 7.11 Å². The summed E-state index contributed by atoms with van der Waals surface area (Å²) in [5.74, 6) is 0.918. The molecule has 0 amide bonds. The number of H-pyrrole nitrogens is 1. The maximum Gasteiger partial charge on any atom is 0.128 e. The zero-order valence-corrected chi connectivity index (χ0v) is 8.42. The summed E-state index contributed by atoms with van der Waals surface area (Å²) in [5, 5.41) is 4.25. The average Bonchev–Trinajstić information content (AvgIpc) is 2.60. The van der Waals surface area contributed by atoms with Crippen molar-refractivity contribution >= 4 is 10.9 Å². The van der Waals surface area contributed by atoms with Crippen LogP contribution in [0.5, 0.6) is 5.75 Å². The summed E-state index contributed by atoms with van der Waals surface area (Å²) >= 11 is 0. The SMILES string of the molecule is CNCc1cc2c(OC)cccc2[nH]1. The van der Waals surface area contributed by atoms with E-state index >= 15 is 0 Å². The first kappa shape index (κ1) is 9.09. The van der Waals surface area contributed by atoms with Gasteiger partial charge in [-0.2, -0.15) is 0 Å². The molecule has 0 saturated carbocycles. The van der Waals surface area contributed by atoms with E-state index in [2.05, 4.69) is 22.4 Å². The minimum absolute atomic E-state index is 0.845. The van der Waals surface area contributed by atoms with E-state index in [1.807, 2.05) is 19.2 Å². The van der Waals surface area contributed by atoms with Crippen molar-refractivity contribution in [1.29, 1.82) is 0 Å². The monoisotopic (exact) mass is 190 g/mol. The number of hydrogen-bond donors (Lipinski definition) is 2. The Morgan fingerprint density at radius 3 is 3.00 bits per heavy atom. The van der Waals surface area contributed by atoms with Gasteiger partial charge in [0.2, 0.25) is 0 Å². The molecule has 0 fully saturated rings. The molecule has 1 aromatic heterocycles. The van der Waals surface area contributed by atoms with Crippen molar-refractivity contribution in [1.82, 2.24) is 10.3 Å². The molecule has 0 radical (unpaired) electrons. The first-order valence-electron chi connectivity index (χ1n) is 4.64. The summed E-state index contributed by atoms with van der Waals surface area (Å²) in [6.45, 7) is 0.845. The van der Waals surface area contributed by atoms with Crippen LogP contribution in [0.2, 0.25) is 0 Å². The van der Waals surface area contributed by atoms with Gasteiger partial charge in [0, 0.05) is 23.1 Å². The molecule has 1 heterocycles. The molecule has 0 aliphatic carbocycles. The number of benzene rings is 1. The van der Waals surface area contributed by atoms with E-state index < -0.39 is 0 Å². The van der Waals surface area contributed by atoms with Gasteiger partial charge in [0.1, 0.15) is 5.75 Å². The third-order valence-corrected chi connectivity index (χ3v) is 2.27. The van der Waals surface area contributed by atoms with Crippen molar-refractivity contribution < 1.29 is 4.74 Å². The van der Waals surface area contributed by atoms with E-state index in [4.69, 9.17) is 4.74 Å². The summed E-state index contributed by atoms with van der Waals surface area (Å²) in [6, 6.07) is 8.13. The standard InChI is InChI=1S/C11H14N2O/c1-12-7-8-6-9-10(13-8)4-3-5-11(9)14-2/h3-6,12-13H,7H2,1-2H3. The first-order chi connectivity index (χ1) is 6.85. The highest BCUT2D eigenvalue weighted by Crippen LogP contribution is 2.25. The maximum absolute atomic E-state index is 5.28. The third-order valence-electron chi connectivity index (χ3n) is 2.27. The van der Waals surface area contributed by atoms with Gasteiger partial charge in [0.05, 0.1) is 7.11 Å². The molecular formula is C11H14N2O. The number of hydrogen-bond acceptors (Lipinski definition) is 2. The lowest BCUT2D eigenvalue weighted by Gasteiger charge is -1.99. The minimum atomic E-state index is 0.845. The molecule has 0 aliphatic heterocycles. The molecule has 74 valence electrons. The number of aromatic amines is 1. The Balaban J connectivity index is 2.52. The lowest BCUT2D eigenvalue weighted by Crippen LogP contribution is -2.04. The number of ether oxygens (including phenoxy) is 1. The Hall–Kier alpha value is -1.48. The predicted molar refractivity (Wildman–Crippen MR) is 57.6 cm³/mol. The molecule has 0 spiro atoms. The van der Waals surface area contributed by atoms with E-state index in [9.17, 15) is 0 Å². The normalized spacial score (nSPS) is 10.7. The van der Waals surface area contributed by atoms with Crippen LogP contribution in [0.4, 0.5) is 0 Å². The Morgan fingerprint density at radius 2 is 2.29 bits per heavy atom. The molecule has 0 saturated heterocycles. The molecule has 2 rings (SSSR count). The minimum Gasteiger partial charge on any atom is -0.496 e. The smallest absolute Gasteiger partial charge is 0.128 e. The molecule has 0 unspecified atom stereocenters. The van der Waals surface area contributed by atoms with Crippen LogP contribution in [-0.4, -0.2) is 19.1 Å². The van der Waals surface area contributed by atoms with Crippen LogP contribution in [0, 0.1) is 0 Å². The second kappa shape index (κ2) is 3.72. The van der Waals surface area contributed by atoms with Gasteiger partial charge < -0.3 is 15.0 Å². The highest BCUT2D eigenvalue weighted by atomic mass is 16.5. The largest absolute Gasteiger partial charge is 0.496 e. The molecule has 1 aromatic carbocycles. The van der Waals surface area contributed by atoms with Crippen LogP contribution >= 0.6 is 0 Å². The Bertz CT molecular complexity index is 434. The van der Waals surface area contributed by atoms with E-state index in [0.717, 1.165) is 23.2 Å². The molecule has 0 bridgehead atoms. The van der Waals surface area contributed by atoms with Gasteiger partial charge >= 0.3 is 0 Å². The molecule has 14 heavy (non-hydrogen) atoms. The van der Waals surface area contributed by atoms with Crippen molar-refractivity contribution in [3.8, 4) is 5.75 Å². The van der Waals surface area contributed by atoms with Gasteiger partial charge in [-0.25, -0.2) is 0 Å². The Morgan fingerprint density at radius 1 is 1.43 bits per heavy atom. The van der Waals surface area contributed by atoms with Crippen molar-refractivity contribution in [3.63, 3.8) is 0 Å². The number of nitrogens with one attached hydrogen (secondary N) is 2. The summed E-state index contributed by atoms with van der Waals surface area (Å²) in [6.07, 6.45) is 0. The highest BCUT2D eigenvalue weighted by Gasteiger charge is 2.04. The van der Waals surface area contributed by atoms with Crippen molar-refractivity contribution in [2.45, 2.75) is 6.54 Å². The summed E-state index contributed by atoms with van der Waals surface area (Å²) < 4.78 is 5.28. The third kappa shape index (κ3) is 1.46. The average molecular weight is 190 g/mol. The fourth-order valence-corrected chi connectivity index (χ4v) is 1.65.